The first-order valence-corrected chi connectivity index (χ1v) is 7.17. The highest BCUT2D eigenvalue weighted by molar-refractivity contribution is 5.76. The Kier molecular flexibility index (Phi) is 4.30. The summed E-state index contributed by atoms with van der Waals surface area (Å²) in [4.78, 5) is 25.0. The van der Waals surface area contributed by atoms with Gasteiger partial charge in [-0.2, -0.15) is 0 Å². The van der Waals surface area contributed by atoms with E-state index in [2.05, 4.69) is 0 Å². The molecule has 120 valence electrons. The van der Waals surface area contributed by atoms with Crippen LogP contribution in [0.1, 0.15) is 32.3 Å². The number of phenolic OH excluding ortho intramolecular Hbond substituents is 1. The summed E-state index contributed by atoms with van der Waals surface area (Å²) in [5, 5.41) is 19.0. The standard InChI is InChI=1S/C16H21NO5/c1-16(2,3)22-15(21)17-8-12(13(9-17)14(19)20)10-5-4-6-11(18)7-10/h4-7,12-13,18H,8-9H2,1-3H3,(H,19,20)/t12-,13+/m1/s1. The number of carboxylic acid groups (broad SMARTS) is 1. The van der Waals surface area contributed by atoms with Gasteiger partial charge in [-0.3, -0.25) is 4.79 Å². The van der Waals surface area contributed by atoms with Gasteiger partial charge in [0.05, 0.1) is 5.92 Å². The fraction of sp³-hybridized carbons (Fsp3) is 0.500. The zero-order valence-electron chi connectivity index (χ0n) is 12.9. The molecular weight excluding hydrogens is 286 g/mol. The van der Waals surface area contributed by atoms with Gasteiger partial charge in [-0.05, 0) is 38.5 Å². The summed E-state index contributed by atoms with van der Waals surface area (Å²) >= 11 is 0. The Bertz CT molecular complexity index is 578. The van der Waals surface area contributed by atoms with Gasteiger partial charge in [-0.1, -0.05) is 12.1 Å². The van der Waals surface area contributed by atoms with Gasteiger partial charge in [0.2, 0.25) is 0 Å². The Hall–Kier alpha value is -2.24. The van der Waals surface area contributed by atoms with Crippen molar-refractivity contribution in [3.63, 3.8) is 0 Å². The van der Waals surface area contributed by atoms with Crippen molar-refractivity contribution in [1.29, 1.82) is 0 Å². The van der Waals surface area contributed by atoms with E-state index in [4.69, 9.17) is 4.74 Å². The maximum Gasteiger partial charge on any atom is 0.410 e. The molecule has 0 aromatic heterocycles. The number of benzene rings is 1. The Morgan fingerprint density at radius 2 is 1.95 bits per heavy atom. The Morgan fingerprint density at radius 3 is 2.50 bits per heavy atom. The average Bonchev–Trinajstić information content (AvgIpc) is 2.82. The van der Waals surface area contributed by atoms with E-state index in [-0.39, 0.29) is 24.8 Å². The highest BCUT2D eigenvalue weighted by Crippen LogP contribution is 2.34. The fourth-order valence-corrected chi connectivity index (χ4v) is 2.62. The minimum Gasteiger partial charge on any atom is -0.508 e. The third-order valence-electron chi connectivity index (χ3n) is 3.59. The molecule has 1 heterocycles. The van der Waals surface area contributed by atoms with Crippen LogP contribution in [-0.4, -0.2) is 45.9 Å². The van der Waals surface area contributed by atoms with E-state index in [0.29, 0.717) is 5.56 Å². The SMILES string of the molecule is CC(C)(C)OC(=O)N1C[C@H](C(=O)O)[C@@H](c2cccc(O)c2)C1. The molecule has 1 aliphatic rings. The molecule has 6 nitrogen and oxygen atoms in total. The summed E-state index contributed by atoms with van der Waals surface area (Å²) in [5.41, 5.74) is 0.0808. The van der Waals surface area contributed by atoms with Crippen LogP contribution in [0.15, 0.2) is 24.3 Å². The van der Waals surface area contributed by atoms with Crippen molar-refractivity contribution >= 4 is 12.1 Å². The maximum atomic E-state index is 12.1. The molecule has 2 atom stereocenters. The number of rotatable bonds is 2. The van der Waals surface area contributed by atoms with Crippen LogP contribution in [0.25, 0.3) is 0 Å². The number of likely N-dealkylation sites (tertiary alicyclic amines) is 1. The van der Waals surface area contributed by atoms with Crippen LogP contribution in [0.4, 0.5) is 4.79 Å². The van der Waals surface area contributed by atoms with E-state index in [0.717, 1.165) is 0 Å². The maximum absolute atomic E-state index is 12.1. The molecule has 0 saturated carbocycles. The van der Waals surface area contributed by atoms with Gasteiger partial charge in [0.25, 0.3) is 0 Å². The molecule has 1 saturated heterocycles. The number of hydrogen-bond donors (Lipinski definition) is 2. The first-order chi connectivity index (χ1) is 10.2. The van der Waals surface area contributed by atoms with E-state index < -0.39 is 23.6 Å². The summed E-state index contributed by atoms with van der Waals surface area (Å²) in [7, 11) is 0. The molecule has 2 N–H and O–H groups in total. The molecule has 0 radical (unpaired) electrons. The van der Waals surface area contributed by atoms with E-state index in [1.165, 1.54) is 11.0 Å². The number of aliphatic carboxylic acids is 1. The summed E-state index contributed by atoms with van der Waals surface area (Å²) in [6.45, 7) is 5.66. The van der Waals surface area contributed by atoms with Crippen molar-refractivity contribution in [3.05, 3.63) is 29.8 Å². The molecule has 1 aromatic carbocycles. The zero-order valence-corrected chi connectivity index (χ0v) is 12.9. The number of aromatic hydroxyl groups is 1. The zero-order chi connectivity index (χ0) is 16.5. The van der Waals surface area contributed by atoms with Gasteiger partial charge in [-0.25, -0.2) is 4.79 Å². The molecule has 6 heteroatoms. The largest absolute Gasteiger partial charge is 0.508 e. The van der Waals surface area contributed by atoms with Crippen molar-refractivity contribution in [3.8, 4) is 5.75 Å². The normalized spacial score (nSPS) is 21.7. The quantitative estimate of drug-likeness (QED) is 0.876. The number of amides is 1. The Balaban J connectivity index is 2.20. The highest BCUT2D eigenvalue weighted by atomic mass is 16.6. The second-order valence-electron chi connectivity index (χ2n) is 6.53. The molecule has 0 spiro atoms. The van der Waals surface area contributed by atoms with Crippen molar-refractivity contribution in [2.45, 2.75) is 32.3 Å². The molecule has 22 heavy (non-hydrogen) atoms. The minimum atomic E-state index is -0.959. The van der Waals surface area contributed by atoms with Gasteiger partial charge < -0.3 is 19.8 Å². The predicted molar refractivity (Wildman–Crippen MR) is 79.8 cm³/mol. The summed E-state index contributed by atoms with van der Waals surface area (Å²) in [6.07, 6.45) is -0.513. The highest BCUT2D eigenvalue weighted by Gasteiger charge is 2.41. The first-order valence-electron chi connectivity index (χ1n) is 7.17. The van der Waals surface area contributed by atoms with Gasteiger partial charge in [-0.15, -0.1) is 0 Å². The van der Waals surface area contributed by atoms with E-state index >= 15 is 0 Å². The summed E-state index contributed by atoms with van der Waals surface area (Å²) in [5.74, 6) is -1.96. The molecule has 1 amide bonds. The molecule has 0 aliphatic carbocycles. The monoisotopic (exact) mass is 307 g/mol. The molecular formula is C16H21NO5. The van der Waals surface area contributed by atoms with Crippen molar-refractivity contribution in [2.75, 3.05) is 13.1 Å². The smallest absolute Gasteiger partial charge is 0.410 e. The molecule has 1 aromatic rings. The number of phenols is 1. The van der Waals surface area contributed by atoms with Crippen molar-refractivity contribution < 1.29 is 24.5 Å². The minimum absolute atomic E-state index is 0.0809. The molecule has 0 unspecified atom stereocenters. The predicted octanol–water partition coefficient (Wildman–Crippen LogP) is 2.43. The second kappa shape index (κ2) is 5.87. The summed E-state index contributed by atoms with van der Waals surface area (Å²) in [6, 6.07) is 6.50. The van der Waals surface area contributed by atoms with Crippen LogP contribution in [0.3, 0.4) is 0 Å². The second-order valence-corrected chi connectivity index (χ2v) is 6.53. The third-order valence-corrected chi connectivity index (χ3v) is 3.59. The van der Waals surface area contributed by atoms with E-state index in [1.54, 1.807) is 39.0 Å². The lowest BCUT2D eigenvalue weighted by atomic mass is 9.89. The summed E-state index contributed by atoms with van der Waals surface area (Å²) < 4.78 is 5.30. The van der Waals surface area contributed by atoms with Crippen molar-refractivity contribution in [2.24, 2.45) is 5.92 Å². The number of hydrogen-bond acceptors (Lipinski definition) is 4. The molecule has 0 bridgehead atoms. The van der Waals surface area contributed by atoms with E-state index in [9.17, 15) is 19.8 Å². The number of carbonyl (C=O) groups is 2. The van der Waals surface area contributed by atoms with Crippen LogP contribution in [0.5, 0.6) is 5.75 Å². The number of ether oxygens (including phenoxy) is 1. The van der Waals surface area contributed by atoms with Gasteiger partial charge in [0.1, 0.15) is 11.4 Å². The Morgan fingerprint density at radius 1 is 1.27 bits per heavy atom. The van der Waals surface area contributed by atoms with Gasteiger partial charge in [0, 0.05) is 19.0 Å². The number of nitrogens with zero attached hydrogens (tertiary/aromatic N) is 1. The van der Waals surface area contributed by atoms with Gasteiger partial charge in [0.15, 0.2) is 0 Å². The van der Waals surface area contributed by atoms with Crippen LogP contribution < -0.4 is 0 Å². The molecule has 1 aliphatic heterocycles. The number of carbonyl (C=O) groups excluding carboxylic acids is 1. The van der Waals surface area contributed by atoms with Crippen LogP contribution in [0, 0.1) is 5.92 Å². The lowest BCUT2D eigenvalue weighted by Crippen LogP contribution is -2.35. The van der Waals surface area contributed by atoms with Crippen LogP contribution >= 0.6 is 0 Å². The van der Waals surface area contributed by atoms with Crippen molar-refractivity contribution in [1.82, 2.24) is 4.90 Å². The third kappa shape index (κ3) is 3.69. The lowest BCUT2D eigenvalue weighted by Gasteiger charge is -2.24. The molecule has 2 rings (SSSR count). The number of carboxylic acids is 1. The topological polar surface area (TPSA) is 87.1 Å². The lowest BCUT2D eigenvalue weighted by molar-refractivity contribution is -0.141. The first kappa shape index (κ1) is 16.1. The van der Waals surface area contributed by atoms with Crippen LogP contribution in [0.2, 0.25) is 0 Å². The van der Waals surface area contributed by atoms with Crippen LogP contribution in [-0.2, 0) is 9.53 Å². The van der Waals surface area contributed by atoms with E-state index in [1.807, 2.05) is 0 Å². The average molecular weight is 307 g/mol. The Labute approximate surface area is 129 Å². The fourth-order valence-electron chi connectivity index (χ4n) is 2.62. The molecule has 1 fully saturated rings. The van der Waals surface area contributed by atoms with Gasteiger partial charge >= 0.3 is 12.1 Å².